The number of carbonyl (C=O) groups is 1. The molecule has 0 saturated heterocycles. The lowest BCUT2D eigenvalue weighted by molar-refractivity contribution is 0.187. The van der Waals surface area contributed by atoms with Gasteiger partial charge in [-0.3, -0.25) is 10.3 Å². The summed E-state index contributed by atoms with van der Waals surface area (Å²) in [6.07, 6.45) is 2.05. The molecule has 1 aromatic rings. The summed E-state index contributed by atoms with van der Waals surface area (Å²) in [7, 11) is 1.24. The van der Waals surface area contributed by atoms with Crippen molar-refractivity contribution < 1.29 is 14.6 Å². The zero-order chi connectivity index (χ0) is 8.97. The predicted octanol–water partition coefficient (Wildman–Crippen LogP) is 0.965. The molecule has 64 valence electrons. The zero-order valence-electron chi connectivity index (χ0n) is 6.44. The SMILES string of the molecule is COC(=O)Nc1ccncc1O. The van der Waals surface area contributed by atoms with Crippen LogP contribution >= 0.6 is 0 Å². The number of ether oxygens (including phenoxy) is 1. The third kappa shape index (κ3) is 1.85. The van der Waals surface area contributed by atoms with Crippen LogP contribution in [0.5, 0.6) is 5.75 Å². The van der Waals surface area contributed by atoms with Gasteiger partial charge in [-0.2, -0.15) is 0 Å². The van der Waals surface area contributed by atoms with Crippen LogP contribution in [-0.4, -0.2) is 23.3 Å². The van der Waals surface area contributed by atoms with E-state index in [2.05, 4.69) is 15.0 Å². The Hall–Kier alpha value is -1.78. The standard InChI is InChI=1S/C7H8N2O3/c1-12-7(11)9-5-2-3-8-4-6(5)10/h2-4,10H,1H3,(H,8,9,11). The molecule has 0 aliphatic rings. The number of rotatable bonds is 1. The maximum Gasteiger partial charge on any atom is 0.411 e. The predicted molar refractivity (Wildman–Crippen MR) is 41.9 cm³/mol. The van der Waals surface area contributed by atoms with E-state index in [1.807, 2.05) is 0 Å². The second kappa shape index (κ2) is 3.56. The van der Waals surface area contributed by atoms with Crippen LogP contribution in [0.3, 0.4) is 0 Å². The van der Waals surface area contributed by atoms with Crippen LogP contribution in [-0.2, 0) is 4.74 Å². The number of nitrogens with one attached hydrogen (secondary N) is 1. The molecular formula is C7H8N2O3. The molecule has 0 spiro atoms. The van der Waals surface area contributed by atoms with Crippen molar-refractivity contribution in [3.05, 3.63) is 18.5 Å². The van der Waals surface area contributed by atoms with E-state index < -0.39 is 6.09 Å². The Balaban J connectivity index is 2.75. The first-order chi connectivity index (χ1) is 5.74. The minimum absolute atomic E-state index is 0.0945. The number of aromatic nitrogens is 1. The summed E-state index contributed by atoms with van der Waals surface area (Å²) in [5, 5.41) is 11.4. The van der Waals surface area contributed by atoms with E-state index in [1.165, 1.54) is 25.6 Å². The molecule has 1 aromatic heterocycles. The van der Waals surface area contributed by atoms with Crippen LogP contribution in [0.1, 0.15) is 0 Å². The van der Waals surface area contributed by atoms with Gasteiger partial charge in [-0.1, -0.05) is 0 Å². The number of nitrogens with zero attached hydrogens (tertiary/aromatic N) is 1. The third-order valence-corrected chi connectivity index (χ3v) is 1.22. The van der Waals surface area contributed by atoms with Crippen molar-refractivity contribution in [2.24, 2.45) is 0 Å². The van der Waals surface area contributed by atoms with Crippen molar-refractivity contribution in [3.8, 4) is 5.75 Å². The molecule has 0 fully saturated rings. The van der Waals surface area contributed by atoms with E-state index in [0.29, 0.717) is 0 Å². The fourth-order valence-electron chi connectivity index (χ4n) is 0.653. The third-order valence-electron chi connectivity index (χ3n) is 1.22. The Bertz CT molecular complexity index is 288. The Kier molecular flexibility index (Phi) is 2.47. The second-order valence-electron chi connectivity index (χ2n) is 2.01. The van der Waals surface area contributed by atoms with Gasteiger partial charge in [0.15, 0.2) is 5.75 Å². The minimum atomic E-state index is -0.628. The topological polar surface area (TPSA) is 71.5 Å². The number of carbonyl (C=O) groups excluding carboxylic acids is 1. The van der Waals surface area contributed by atoms with Gasteiger partial charge in [0.2, 0.25) is 0 Å². The maximum absolute atomic E-state index is 10.7. The summed E-state index contributed by atoms with van der Waals surface area (Å²) in [6, 6.07) is 1.46. The summed E-state index contributed by atoms with van der Waals surface area (Å²) in [5.74, 6) is -0.0945. The van der Waals surface area contributed by atoms with E-state index in [4.69, 9.17) is 5.11 Å². The van der Waals surface area contributed by atoms with Crippen molar-refractivity contribution in [1.29, 1.82) is 0 Å². The van der Waals surface area contributed by atoms with Crippen molar-refractivity contribution in [1.82, 2.24) is 4.98 Å². The van der Waals surface area contributed by atoms with Crippen molar-refractivity contribution in [2.75, 3.05) is 12.4 Å². The number of aromatic hydroxyl groups is 1. The highest BCUT2D eigenvalue weighted by Crippen LogP contribution is 2.19. The first-order valence-corrected chi connectivity index (χ1v) is 3.22. The molecule has 1 rings (SSSR count). The van der Waals surface area contributed by atoms with Crippen LogP contribution in [0.25, 0.3) is 0 Å². The number of hydrogen-bond donors (Lipinski definition) is 2. The highest BCUT2D eigenvalue weighted by Gasteiger charge is 2.03. The molecule has 0 aromatic carbocycles. The quantitative estimate of drug-likeness (QED) is 0.655. The van der Waals surface area contributed by atoms with E-state index >= 15 is 0 Å². The maximum atomic E-state index is 10.7. The van der Waals surface area contributed by atoms with Gasteiger partial charge < -0.3 is 9.84 Å². The van der Waals surface area contributed by atoms with Gasteiger partial charge in [0, 0.05) is 6.20 Å². The van der Waals surface area contributed by atoms with Gasteiger partial charge in [-0.05, 0) is 6.07 Å². The highest BCUT2D eigenvalue weighted by molar-refractivity contribution is 5.86. The van der Waals surface area contributed by atoms with Crippen LogP contribution in [0, 0.1) is 0 Å². The first-order valence-electron chi connectivity index (χ1n) is 3.22. The Morgan fingerprint density at radius 3 is 3.08 bits per heavy atom. The number of amides is 1. The molecule has 5 nitrogen and oxygen atoms in total. The van der Waals surface area contributed by atoms with E-state index in [1.54, 1.807) is 0 Å². The molecule has 0 unspecified atom stereocenters. The first kappa shape index (κ1) is 8.32. The fraction of sp³-hybridized carbons (Fsp3) is 0.143. The van der Waals surface area contributed by atoms with Crippen LogP contribution < -0.4 is 5.32 Å². The smallest absolute Gasteiger partial charge is 0.411 e. The normalized spacial score (nSPS) is 9.08. The molecule has 0 aliphatic carbocycles. The zero-order valence-corrected chi connectivity index (χ0v) is 6.44. The van der Waals surface area contributed by atoms with Crippen LogP contribution in [0.15, 0.2) is 18.5 Å². The molecule has 5 heteroatoms. The summed E-state index contributed by atoms with van der Waals surface area (Å²) in [5.41, 5.74) is 0.275. The van der Waals surface area contributed by atoms with Gasteiger partial charge >= 0.3 is 6.09 Å². The number of hydrogen-bond acceptors (Lipinski definition) is 4. The molecule has 0 radical (unpaired) electrons. The van der Waals surface area contributed by atoms with Crippen molar-refractivity contribution in [3.63, 3.8) is 0 Å². The summed E-state index contributed by atoms with van der Waals surface area (Å²) < 4.78 is 4.33. The number of pyridine rings is 1. The Labute approximate surface area is 69.0 Å². The van der Waals surface area contributed by atoms with Crippen LogP contribution in [0.2, 0.25) is 0 Å². The lowest BCUT2D eigenvalue weighted by atomic mass is 10.4. The molecule has 1 heterocycles. The number of methoxy groups -OCH3 is 1. The average Bonchev–Trinajstić information content (AvgIpc) is 2.09. The molecular weight excluding hydrogens is 160 g/mol. The van der Waals surface area contributed by atoms with E-state index in [-0.39, 0.29) is 11.4 Å². The largest absolute Gasteiger partial charge is 0.504 e. The molecule has 0 saturated carbocycles. The average molecular weight is 168 g/mol. The van der Waals surface area contributed by atoms with Crippen molar-refractivity contribution >= 4 is 11.8 Å². The summed E-state index contributed by atoms with van der Waals surface area (Å²) >= 11 is 0. The van der Waals surface area contributed by atoms with Gasteiger partial charge in [-0.25, -0.2) is 4.79 Å². The van der Waals surface area contributed by atoms with Gasteiger partial charge in [0.05, 0.1) is 19.0 Å². The molecule has 2 N–H and O–H groups in total. The lowest BCUT2D eigenvalue weighted by Gasteiger charge is -2.03. The molecule has 12 heavy (non-hydrogen) atoms. The van der Waals surface area contributed by atoms with E-state index in [0.717, 1.165) is 0 Å². The minimum Gasteiger partial charge on any atom is -0.504 e. The summed E-state index contributed by atoms with van der Waals surface area (Å²) in [4.78, 5) is 14.3. The second-order valence-corrected chi connectivity index (χ2v) is 2.01. The van der Waals surface area contributed by atoms with E-state index in [9.17, 15) is 4.79 Å². The Morgan fingerprint density at radius 2 is 2.50 bits per heavy atom. The Morgan fingerprint density at radius 1 is 1.75 bits per heavy atom. The van der Waals surface area contributed by atoms with Gasteiger partial charge in [0.25, 0.3) is 0 Å². The molecule has 1 amide bonds. The lowest BCUT2D eigenvalue weighted by Crippen LogP contribution is -2.10. The molecule has 0 bridgehead atoms. The fourth-order valence-corrected chi connectivity index (χ4v) is 0.653. The summed E-state index contributed by atoms with van der Waals surface area (Å²) in [6.45, 7) is 0. The van der Waals surface area contributed by atoms with Gasteiger partial charge in [-0.15, -0.1) is 0 Å². The number of anilines is 1. The highest BCUT2D eigenvalue weighted by atomic mass is 16.5. The van der Waals surface area contributed by atoms with Crippen molar-refractivity contribution in [2.45, 2.75) is 0 Å². The van der Waals surface area contributed by atoms with Crippen LogP contribution in [0.4, 0.5) is 10.5 Å². The molecule has 0 aliphatic heterocycles. The van der Waals surface area contributed by atoms with Gasteiger partial charge in [0.1, 0.15) is 0 Å². The molecule has 0 atom stereocenters. The monoisotopic (exact) mass is 168 g/mol.